The van der Waals surface area contributed by atoms with E-state index in [9.17, 15) is 18.0 Å². The Kier molecular flexibility index (Phi) is 12.2. The number of carbonyl (C=O) groups is 2. The van der Waals surface area contributed by atoms with Crippen molar-refractivity contribution in [2.75, 3.05) is 24.2 Å². The van der Waals surface area contributed by atoms with Gasteiger partial charge in [0, 0.05) is 37.0 Å². The Balaban J connectivity index is 1.89. The van der Waals surface area contributed by atoms with Crippen molar-refractivity contribution in [3.8, 4) is 5.75 Å². The fourth-order valence-corrected chi connectivity index (χ4v) is 5.72. The van der Waals surface area contributed by atoms with Crippen molar-refractivity contribution in [1.29, 1.82) is 0 Å². The van der Waals surface area contributed by atoms with Crippen LogP contribution in [0, 0.1) is 0 Å². The summed E-state index contributed by atoms with van der Waals surface area (Å²) in [6.07, 6.45) is 2.49. The van der Waals surface area contributed by atoms with Crippen LogP contribution >= 0.6 is 11.6 Å². The second-order valence-electron chi connectivity index (χ2n) is 10.3. The SMILES string of the molecule is CC[C@@H](C)NC(=O)[C@H](Cc1ccccc1)N(Cc1ccccc1Cl)C(=O)CCCN(c1ccc(OC)cc1)S(C)(=O)=O. The molecule has 0 unspecified atom stereocenters. The quantitative estimate of drug-likeness (QED) is 0.246. The molecular weight excluding hydrogens is 574 g/mol. The van der Waals surface area contributed by atoms with Gasteiger partial charge in [-0.15, -0.1) is 0 Å². The summed E-state index contributed by atoms with van der Waals surface area (Å²) >= 11 is 6.49. The Morgan fingerprint density at radius 1 is 0.976 bits per heavy atom. The summed E-state index contributed by atoms with van der Waals surface area (Å²) in [5.74, 6) is 0.0978. The molecule has 3 rings (SSSR count). The molecule has 2 amide bonds. The van der Waals surface area contributed by atoms with E-state index in [2.05, 4.69) is 5.32 Å². The van der Waals surface area contributed by atoms with Crippen LogP contribution in [0.1, 0.15) is 44.2 Å². The minimum absolute atomic E-state index is 0.0362. The molecule has 0 bridgehead atoms. The highest BCUT2D eigenvalue weighted by Crippen LogP contribution is 2.24. The fraction of sp³-hybridized carbons (Fsp3) is 0.375. The van der Waals surface area contributed by atoms with Gasteiger partial charge in [0.25, 0.3) is 0 Å². The minimum atomic E-state index is -3.61. The van der Waals surface area contributed by atoms with Crippen LogP contribution in [0.15, 0.2) is 78.9 Å². The zero-order valence-corrected chi connectivity index (χ0v) is 26.2. The first-order chi connectivity index (χ1) is 20.0. The van der Waals surface area contributed by atoms with E-state index < -0.39 is 16.1 Å². The normalized spacial score (nSPS) is 12.7. The number of rotatable bonds is 15. The van der Waals surface area contributed by atoms with Crippen LogP contribution in [0.5, 0.6) is 5.75 Å². The van der Waals surface area contributed by atoms with Crippen LogP contribution in [0.4, 0.5) is 5.69 Å². The summed E-state index contributed by atoms with van der Waals surface area (Å²) in [7, 11) is -2.07. The van der Waals surface area contributed by atoms with Gasteiger partial charge in [-0.05, 0) is 61.2 Å². The molecule has 42 heavy (non-hydrogen) atoms. The number of hydrogen-bond donors (Lipinski definition) is 1. The van der Waals surface area contributed by atoms with Crippen molar-refractivity contribution in [2.24, 2.45) is 0 Å². The number of nitrogens with one attached hydrogen (secondary N) is 1. The van der Waals surface area contributed by atoms with Gasteiger partial charge in [-0.1, -0.05) is 67.1 Å². The molecule has 0 radical (unpaired) electrons. The van der Waals surface area contributed by atoms with Crippen molar-refractivity contribution in [1.82, 2.24) is 10.2 Å². The highest BCUT2D eigenvalue weighted by Gasteiger charge is 2.31. The zero-order chi connectivity index (χ0) is 30.7. The highest BCUT2D eigenvalue weighted by atomic mass is 35.5. The van der Waals surface area contributed by atoms with E-state index in [1.807, 2.05) is 62.4 Å². The van der Waals surface area contributed by atoms with Crippen LogP contribution in [0.2, 0.25) is 5.02 Å². The number of hydrogen-bond acceptors (Lipinski definition) is 5. The maximum absolute atomic E-state index is 13.9. The molecular formula is C32H40ClN3O5S. The van der Waals surface area contributed by atoms with Crippen LogP contribution in [-0.4, -0.2) is 57.1 Å². The lowest BCUT2D eigenvalue weighted by molar-refractivity contribution is -0.141. The first-order valence-corrected chi connectivity index (χ1v) is 16.2. The second-order valence-corrected chi connectivity index (χ2v) is 12.6. The monoisotopic (exact) mass is 613 g/mol. The Morgan fingerprint density at radius 3 is 2.21 bits per heavy atom. The molecule has 0 fully saturated rings. The third-order valence-corrected chi connectivity index (χ3v) is 8.65. The van der Waals surface area contributed by atoms with Crippen molar-refractivity contribution < 1.29 is 22.7 Å². The van der Waals surface area contributed by atoms with E-state index in [0.29, 0.717) is 22.9 Å². The first kappa shape index (κ1) is 32.9. The standard InChI is InChI=1S/C32H40ClN3O5S/c1-5-24(2)34-32(38)30(22-25-12-7-6-8-13-25)35(23-26-14-9-10-15-29(26)33)31(37)16-11-21-36(42(4,39)40)27-17-19-28(41-3)20-18-27/h6-10,12-15,17-20,24,30H,5,11,16,21-23H2,1-4H3,(H,34,38)/t24-,30+/m1/s1. The van der Waals surface area contributed by atoms with Crippen LogP contribution < -0.4 is 14.4 Å². The second kappa shape index (κ2) is 15.6. The summed E-state index contributed by atoms with van der Waals surface area (Å²) in [6, 6.07) is 22.7. The molecule has 10 heteroatoms. The summed E-state index contributed by atoms with van der Waals surface area (Å²) in [5.41, 5.74) is 2.12. The molecule has 0 aromatic heterocycles. The highest BCUT2D eigenvalue weighted by molar-refractivity contribution is 7.92. The molecule has 0 aliphatic carbocycles. The summed E-state index contributed by atoms with van der Waals surface area (Å²) in [6.45, 7) is 4.15. The average molecular weight is 614 g/mol. The Bertz CT molecular complexity index is 1420. The van der Waals surface area contributed by atoms with Crippen molar-refractivity contribution in [2.45, 2.75) is 58.2 Å². The van der Waals surface area contributed by atoms with Crippen LogP contribution in [0.3, 0.4) is 0 Å². The van der Waals surface area contributed by atoms with Crippen molar-refractivity contribution >= 4 is 39.1 Å². The third kappa shape index (κ3) is 9.49. The van der Waals surface area contributed by atoms with Gasteiger partial charge in [0.15, 0.2) is 0 Å². The summed E-state index contributed by atoms with van der Waals surface area (Å²) in [4.78, 5) is 29.1. The van der Waals surface area contributed by atoms with Gasteiger partial charge in [0.2, 0.25) is 21.8 Å². The van der Waals surface area contributed by atoms with E-state index in [0.717, 1.165) is 23.8 Å². The largest absolute Gasteiger partial charge is 0.497 e. The van der Waals surface area contributed by atoms with E-state index in [1.165, 1.54) is 11.4 Å². The molecule has 1 N–H and O–H groups in total. The summed E-state index contributed by atoms with van der Waals surface area (Å²) < 4.78 is 31.7. The molecule has 3 aromatic carbocycles. The number of carbonyl (C=O) groups excluding carboxylic acids is 2. The number of halogens is 1. The van der Waals surface area contributed by atoms with Crippen LogP contribution in [-0.2, 0) is 32.6 Å². The van der Waals surface area contributed by atoms with Gasteiger partial charge in [0.05, 0.1) is 19.1 Å². The predicted molar refractivity (Wildman–Crippen MR) is 168 cm³/mol. The summed E-state index contributed by atoms with van der Waals surface area (Å²) in [5, 5.41) is 3.55. The molecule has 3 aromatic rings. The zero-order valence-electron chi connectivity index (χ0n) is 24.6. The third-order valence-electron chi connectivity index (χ3n) is 7.08. The topological polar surface area (TPSA) is 96.0 Å². The van der Waals surface area contributed by atoms with Gasteiger partial charge < -0.3 is 15.0 Å². The van der Waals surface area contributed by atoms with E-state index >= 15 is 0 Å². The van der Waals surface area contributed by atoms with E-state index in [1.54, 1.807) is 35.2 Å². The minimum Gasteiger partial charge on any atom is -0.497 e. The molecule has 0 heterocycles. The van der Waals surface area contributed by atoms with Gasteiger partial charge >= 0.3 is 0 Å². The number of methoxy groups -OCH3 is 1. The van der Waals surface area contributed by atoms with Gasteiger partial charge in [-0.2, -0.15) is 0 Å². The number of benzene rings is 3. The average Bonchev–Trinajstić information content (AvgIpc) is 2.97. The number of sulfonamides is 1. The first-order valence-electron chi connectivity index (χ1n) is 14.0. The number of ether oxygens (including phenoxy) is 1. The lowest BCUT2D eigenvalue weighted by Gasteiger charge is -2.33. The maximum atomic E-state index is 13.9. The predicted octanol–water partition coefficient (Wildman–Crippen LogP) is 5.45. The molecule has 0 aliphatic rings. The Hall–Kier alpha value is -3.56. The van der Waals surface area contributed by atoms with Crippen molar-refractivity contribution in [3.05, 3.63) is 95.0 Å². The smallest absolute Gasteiger partial charge is 0.243 e. The lowest BCUT2D eigenvalue weighted by Crippen LogP contribution is -2.52. The molecule has 8 nitrogen and oxygen atoms in total. The fourth-order valence-electron chi connectivity index (χ4n) is 4.56. The number of nitrogens with zero attached hydrogens (tertiary/aromatic N) is 2. The van der Waals surface area contributed by atoms with Gasteiger partial charge in [0.1, 0.15) is 11.8 Å². The lowest BCUT2D eigenvalue weighted by atomic mass is 10.0. The van der Waals surface area contributed by atoms with Crippen molar-refractivity contribution in [3.63, 3.8) is 0 Å². The van der Waals surface area contributed by atoms with Crippen LogP contribution in [0.25, 0.3) is 0 Å². The number of amides is 2. The molecule has 0 saturated heterocycles. The van der Waals surface area contributed by atoms with Gasteiger partial charge in [-0.3, -0.25) is 13.9 Å². The maximum Gasteiger partial charge on any atom is 0.243 e. The molecule has 2 atom stereocenters. The Morgan fingerprint density at radius 2 is 1.62 bits per heavy atom. The molecule has 0 saturated carbocycles. The Labute approximate surface area is 254 Å². The van der Waals surface area contributed by atoms with Gasteiger partial charge in [-0.25, -0.2) is 8.42 Å². The van der Waals surface area contributed by atoms with E-state index in [-0.39, 0.29) is 43.8 Å². The molecule has 226 valence electrons. The molecule has 0 aliphatic heterocycles. The number of anilines is 1. The molecule has 0 spiro atoms. The van der Waals surface area contributed by atoms with E-state index in [4.69, 9.17) is 16.3 Å².